The largest absolute Gasteiger partial charge is 0.457 e. The number of ketones is 1. The van der Waals surface area contributed by atoms with Gasteiger partial charge in [0.15, 0.2) is 11.4 Å². The zero-order chi connectivity index (χ0) is 21.0. The van der Waals surface area contributed by atoms with E-state index in [-0.39, 0.29) is 17.8 Å². The van der Waals surface area contributed by atoms with Gasteiger partial charge >= 0.3 is 5.97 Å². The van der Waals surface area contributed by atoms with E-state index < -0.39 is 46.3 Å². The second-order valence-corrected chi connectivity index (χ2v) is 9.35. The fraction of sp³-hybridized carbons (Fsp3) is 0.800. The number of carbonyl (C=O) groups excluding carboxylic acids is 2. The molecule has 7 heteroatoms. The second kappa shape index (κ2) is 6.65. The molecule has 2 aliphatic carbocycles. The van der Waals surface area contributed by atoms with Gasteiger partial charge in [-0.1, -0.05) is 13.0 Å². The Morgan fingerprint density at radius 3 is 2.33 bits per heavy atom. The van der Waals surface area contributed by atoms with Gasteiger partial charge < -0.3 is 25.2 Å². The zero-order valence-corrected chi connectivity index (χ0v) is 16.9. The van der Waals surface area contributed by atoms with E-state index >= 15 is 0 Å². The molecule has 0 aromatic rings. The number of carbonyl (C=O) groups is 2. The Kier molecular flexibility index (Phi) is 5.42. The molecule has 1 fully saturated rings. The van der Waals surface area contributed by atoms with E-state index in [1.807, 2.05) is 6.92 Å². The molecule has 6 atom stereocenters. The van der Waals surface area contributed by atoms with Crippen LogP contribution in [0.5, 0.6) is 0 Å². The summed E-state index contributed by atoms with van der Waals surface area (Å²) in [5, 5.41) is 41.3. The molecule has 0 unspecified atom stereocenters. The van der Waals surface area contributed by atoms with Crippen LogP contribution in [-0.4, -0.2) is 61.2 Å². The van der Waals surface area contributed by atoms with E-state index in [0.717, 1.165) is 6.92 Å². The smallest absolute Gasteiger partial charge is 0.340 e. The van der Waals surface area contributed by atoms with Crippen LogP contribution in [-0.2, 0) is 14.3 Å². The van der Waals surface area contributed by atoms with Crippen molar-refractivity contribution in [2.75, 3.05) is 0 Å². The molecule has 2 aliphatic rings. The first-order valence-electron chi connectivity index (χ1n) is 9.35. The molecular weight excluding hydrogens is 352 g/mol. The maximum Gasteiger partial charge on any atom is 0.340 e. The highest BCUT2D eigenvalue weighted by molar-refractivity contribution is 5.98. The standard InChI is InChI=1S/C20H32O7/c1-11(21)19(5,25)16(23)27-15-7-8-18(4)10-13(22)12(17(2,3)24)9-14(18)20(15,6)26/h9,11,14-15,21,24-26H,7-8,10H2,1-6H3/t11-,14+,15-,18+,19-,20-/m0/s1. The van der Waals surface area contributed by atoms with Crippen molar-refractivity contribution in [3.05, 3.63) is 11.6 Å². The zero-order valence-electron chi connectivity index (χ0n) is 16.9. The molecule has 7 nitrogen and oxygen atoms in total. The van der Waals surface area contributed by atoms with Gasteiger partial charge in [-0.2, -0.15) is 0 Å². The lowest BCUT2D eigenvalue weighted by molar-refractivity contribution is -0.210. The van der Waals surface area contributed by atoms with Crippen LogP contribution in [0.3, 0.4) is 0 Å². The first-order chi connectivity index (χ1) is 12.0. The number of hydrogen-bond donors (Lipinski definition) is 4. The summed E-state index contributed by atoms with van der Waals surface area (Å²) in [6.45, 7) is 8.93. The Hall–Kier alpha value is -1.28. The molecule has 2 rings (SSSR count). The maximum atomic E-state index is 12.5. The van der Waals surface area contributed by atoms with Gasteiger partial charge in [-0.3, -0.25) is 4.79 Å². The van der Waals surface area contributed by atoms with Crippen molar-refractivity contribution < 1.29 is 34.8 Å². The van der Waals surface area contributed by atoms with Crippen molar-refractivity contribution in [3.63, 3.8) is 0 Å². The van der Waals surface area contributed by atoms with Crippen LogP contribution in [0.2, 0.25) is 0 Å². The lowest BCUT2D eigenvalue weighted by atomic mass is 9.54. The van der Waals surface area contributed by atoms with Crippen molar-refractivity contribution >= 4 is 11.8 Å². The van der Waals surface area contributed by atoms with E-state index in [0.29, 0.717) is 12.8 Å². The monoisotopic (exact) mass is 384 g/mol. The SMILES string of the molecule is C[C@H](O)[C@](C)(O)C(=O)O[C@H]1CC[C@]2(C)CC(=O)C(C(C)(C)O)=C[C@H]2[C@]1(C)O. The summed E-state index contributed by atoms with van der Waals surface area (Å²) in [6.07, 6.45) is 0.400. The third kappa shape index (κ3) is 3.83. The van der Waals surface area contributed by atoms with E-state index in [1.165, 1.54) is 20.8 Å². The molecule has 154 valence electrons. The van der Waals surface area contributed by atoms with Crippen molar-refractivity contribution in [3.8, 4) is 0 Å². The summed E-state index contributed by atoms with van der Waals surface area (Å²) in [5.74, 6) is -1.68. The maximum absolute atomic E-state index is 12.5. The molecule has 0 saturated heterocycles. The molecule has 0 spiro atoms. The molecule has 0 aromatic carbocycles. The van der Waals surface area contributed by atoms with Gasteiger partial charge in [-0.25, -0.2) is 4.79 Å². The highest BCUT2D eigenvalue weighted by Crippen LogP contribution is 2.53. The van der Waals surface area contributed by atoms with Gasteiger partial charge in [0.1, 0.15) is 11.7 Å². The van der Waals surface area contributed by atoms with Gasteiger partial charge in [0, 0.05) is 17.9 Å². The van der Waals surface area contributed by atoms with Crippen LogP contribution in [0.1, 0.15) is 60.8 Å². The third-order valence-corrected chi connectivity index (χ3v) is 6.34. The highest BCUT2D eigenvalue weighted by Gasteiger charge is 2.57. The number of hydrogen-bond acceptors (Lipinski definition) is 7. The van der Waals surface area contributed by atoms with Gasteiger partial charge in [-0.15, -0.1) is 0 Å². The number of ether oxygens (including phenoxy) is 1. The van der Waals surface area contributed by atoms with Crippen LogP contribution < -0.4 is 0 Å². The summed E-state index contributed by atoms with van der Waals surface area (Å²) in [5.41, 5.74) is -5.21. The van der Waals surface area contributed by atoms with Gasteiger partial charge in [-0.05, 0) is 52.9 Å². The number of Topliss-reactive ketones (excluding diaryl/α,β-unsaturated/α-hetero) is 1. The molecule has 0 radical (unpaired) electrons. The summed E-state index contributed by atoms with van der Waals surface area (Å²) >= 11 is 0. The number of esters is 1. The van der Waals surface area contributed by atoms with Crippen molar-refractivity contribution in [1.82, 2.24) is 0 Å². The molecule has 0 heterocycles. The Balaban J connectivity index is 2.37. The van der Waals surface area contributed by atoms with Crippen LogP contribution in [0.25, 0.3) is 0 Å². The first kappa shape index (κ1) is 22.0. The number of rotatable bonds is 4. The predicted octanol–water partition coefficient (Wildman–Crippen LogP) is 0.867. The number of aliphatic hydroxyl groups excluding tert-OH is 1. The Bertz CT molecular complexity index is 654. The van der Waals surface area contributed by atoms with E-state index in [4.69, 9.17) is 4.74 Å². The molecule has 0 amide bonds. The highest BCUT2D eigenvalue weighted by atomic mass is 16.6. The minimum atomic E-state index is -2.09. The molecule has 1 saturated carbocycles. The fourth-order valence-electron chi connectivity index (χ4n) is 4.25. The summed E-state index contributed by atoms with van der Waals surface area (Å²) in [6, 6.07) is 0. The van der Waals surface area contributed by atoms with Gasteiger partial charge in [0.05, 0.1) is 11.7 Å². The van der Waals surface area contributed by atoms with Crippen LogP contribution >= 0.6 is 0 Å². The van der Waals surface area contributed by atoms with Crippen LogP contribution in [0, 0.1) is 11.3 Å². The normalized spacial score (nSPS) is 37.7. The molecule has 0 bridgehead atoms. The molecule has 4 N–H and O–H groups in total. The Morgan fingerprint density at radius 1 is 1.30 bits per heavy atom. The predicted molar refractivity (Wildman–Crippen MR) is 97.6 cm³/mol. The topological polar surface area (TPSA) is 124 Å². The van der Waals surface area contributed by atoms with Crippen LogP contribution in [0.15, 0.2) is 11.6 Å². The lowest BCUT2D eigenvalue weighted by Crippen LogP contribution is -2.60. The van der Waals surface area contributed by atoms with E-state index in [1.54, 1.807) is 13.0 Å². The number of aliphatic hydroxyl groups is 4. The van der Waals surface area contributed by atoms with E-state index in [9.17, 15) is 30.0 Å². The molecule has 0 aromatic heterocycles. The average Bonchev–Trinajstić information content (AvgIpc) is 2.47. The van der Waals surface area contributed by atoms with Crippen LogP contribution in [0.4, 0.5) is 0 Å². The second-order valence-electron chi connectivity index (χ2n) is 9.35. The molecule has 27 heavy (non-hydrogen) atoms. The first-order valence-corrected chi connectivity index (χ1v) is 9.35. The summed E-state index contributed by atoms with van der Waals surface area (Å²) in [4.78, 5) is 24.8. The Labute approximate surface area is 160 Å². The van der Waals surface area contributed by atoms with Crippen molar-refractivity contribution in [1.29, 1.82) is 0 Å². The fourth-order valence-corrected chi connectivity index (χ4v) is 4.25. The van der Waals surface area contributed by atoms with Crippen molar-refractivity contribution in [2.45, 2.75) is 89.8 Å². The number of fused-ring (bicyclic) bond motifs is 1. The Morgan fingerprint density at radius 2 is 1.85 bits per heavy atom. The summed E-state index contributed by atoms with van der Waals surface area (Å²) < 4.78 is 5.40. The minimum Gasteiger partial charge on any atom is -0.457 e. The van der Waals surface area contributed by atoms with Gasteiger partial charge in [0.2, 0.25) is 0 Å². The molecular formula is C20H32O7. The van der Waals surface area contributed by atoms with E-state index in [2.05, 4.69) is 0 Å². The molecule has 0 aliphatic heterocycles. The quantitative estimate of drug-likeness (QED) is 0.530. The third-order valence-electron chi connectivity index (χ3n) is 6.34. The van der Waals surface area contributed by atoms with Gasteiger partial charge in [0.25, 0.3) is 0 Å². The lowest BCUT2D eigenvalue weighted by Gasteiger charge is -2.54. The minimum absolute atomic E-state index is 0.149. The van der Waals surface area contributed by atoms with Crippen molar-refractivity contribution in [2.24, 2.45) is 11.3 Å². The average molecular weight is 384 g/mol. The summed E-state index contributed by atoms with van der Waals surface area (Å²) in [7, 11) is 0.